The van der Waals surface area contributed by atoms with Crippen molar-refractivity contribution in [1.82, 2.24) is 9.88 Å². The van der Waals surface area contributed by atoms with Crippen LogP contribution in [0.4, 0.5) is 5.82 Å². The third kappa shape index (κ3) is 5.48. The smallest absolute Gasteiger partial charge is 0.339 e. The Morgan fingerprint density at radius 2 is 1.86 bits per heavy atom. The second-order valence-electron chi connectivity index (χ2n) is 8.47. The van der Waals surface area contributed by atoms with Crippen LogP contribution >= 0.6 is 11.8 Å². The third-order valence-corrected chi connectivity index (χ3v) is 7.52. The van der Waals surface area contributed by atoms with Gasteiger partial charge in [0, 0.05) is 18.3 Å². The minimum Gasteiger partial charge on any atom is -0.493 e. The van der Waals surface area contributed by atoms with Gasteiger partial charge in [0.1, 0.15) is 11.2 Å². The summed E-state index contributed by atoms with van der Waals surface area (Å²) >= 11 is 1.43. The van der Waals surface area contributed by atoms with Crippen molar-refractivity contribution in [2.75, 3.05) is 32.4 Å². The van der Waals surface area contributed by atoms with E-state index in [9.17, 15) is 14.4 Å². The molecule has 2 heterocycles. The number of benzene rings is 1. The molecule has 2 amide bonds. The zero-order valence-electron chi connectivity index (χ0n) is 20.5. The van der Waals surface area contributed by atoms with E-state index < -0.39 is 5.97 Å². The van der Waals surface area contributed by atoms with Crippen LogP contribution in [0.3, 0.4) is 0 Å². The minimum absolute atomic E-state index is 0.0393. The zero-order chi connectivity index (χ0) is 25.7. The van der Waals surface area contributed by atoms with Gasteiger partial charge in [-0.15, -0.1) is 11.8 Å². The largest absolute Gasteiger partial charge is 0.493 e. The molecule has 0 bridgehead atoms. The van der Waals surface area contributed by atoms with Gasteiger partial charge in [-0.25, -0.2) is 9.78 Å². The highest BCUT2D eigenvalue weighted by Gasteiger charge is 2.40. The van der Waals surface area contributed by atoms with Crippen molar-refractivity contribution in [2.24, 2.45) is 0 Å². The number of anilines is 1. The Hall–Kier alpha value is -3.53. The van der Waals surface area contributed by atoms with Crippen LogP contribution in [-0.2, 0) is 20.9 Å². The fraction of sp³-hybridized carbons (Fsp3) is 0.385. The maximum atomic E-state index is 13.3. The third-order valence-electron chi connectivity index (χ3n) is 6.24. The standard InChI is InChI=1S/C26H29N3O6S/c1-33-20-10-8-16(12-21(20)34-2)14-29-24(31)18-6-4-5-7-19(18)25(29)36-15-23(30)28-22-11-9-17(13-27-22)26(32)35-3/h8-13,25H,4-7,14-15H2,1-3H3,(H,27,28,30). The number of nitrogens with zero attached hydrogens (tertiary/aromatic N) is 2. The molecule has 0 saturated carbocycles. The van der Waals surface area contributed by atoms with Crippen LogP contribution in [0.1, 0.15) is 41.6 Å². The highest BCUT2D eigenvalue weighted by molar-refractivity contribution is 8.00. The van der Waals surface area contributed by atoms with Crippen LogP contribution in [0, 0.1) is 0 Å². The van der Waals surface area contributed by atoms with Crippen LogP contribution in [-0.4, -0.2) is 60.1 Å². The lowest BCUT2D eigenvalue weighted by Gasteiger charge is -2.27. The summed E-state index contributed by atoms with van der Waals surface area (Å²) in [5.41, 5.74) is 3.24. The quantitative estimate of drug-likeness (QED) is 0.507. The van der Waals surface area contributed by atoms with Crippen molar-refractivity contribution in [3.8, 4) is 11.5 Å². The van der Waals surface area contributed by atoms with E-state index in [0.29, 0.717) is 29.4 Å². The van der Waals surface area contributed by atoms with E-state index in [0.717, 1.165) is 42.4 Å². The van der Waals surface area contributed by atoms with E-state index in [1.807, 2.05) is 23.1 Å². The predicted molar refractivity (Wildman–Crippen MR) is 136 cm³/mol. The monoisotopic (exact) mass is 511 g/mol. The molecule has 2 aromatic rings. The summed E-state index contributed by atoms with van der Waals surface area (Å²) in [6.07, 6.45) is 5.03. The summed E-state index contributed by atoms with van der Waals surface area (Å²) in [6.45, 7) is 0.405. The molecule has 1 unspecified atom stereocenters. The molecule has 1 aromatic heterocycles. The Labute approximate surface area is 214 Å². The summed E-state index contributed by atoms with van der Waals surface area (Å²) in [5.74, 6) is 1.04. The molecular formula is C26H29N3O6S. The molecule has 0 spiro atoms. The molecule has 1 aliphatic carbocycles. The molecule has 1 aliphatic heterocycles. The molecule has 1 atom stereocenters. The van der Waals surface area contributed by atoms with E-state index >= 15 is 0 Å². The van der Waals surface area contributed by atoms with Crippen molar-refractivity contribution in [2.45, 2.75) is 37.6 Å². The summed E-state index contributed by atoms with van der Waals surface area (Å²) in [4.78, 5) is 43.5. The number of carbonyl (C=O) groups is 3. The molecule has 10 heteroatoms. The van der Waals surface area contributed by atoms with Gasteiger partial charge in [0.05, 0.1) is 32.6 Å². The highest BCUT2D eigenvalue weighted by Crippen LogP contribution is 2.42. The van der Waals surface area contributed by atoms with Crippen LogP contribution in [0.15, 0.2) is 47.7 Å². The van der Waals surface area contributed by atoms with Crippen LogP contribution in [0.2, 0.25) is 0 Å². The number of nitrogens with one attached hydrogen (secondary N) is 1. The number of pyridine rings is 1. The normalized spacial score (nSPS) is 17.0. The van der Waals surface area contributed by atoms with Crippen molar-refractivity contribution in [1.29, 1.82) is 0 Å². The van der Waals surface area contributed by atoms with Gasteiger partial charge in [0.15, 0.2) is 11.5 Å². The fourth-order valence-electron chi connectivity index (χ4n) is 4.47. The average Bonchev–Trinajstić information content (AvgIpc) is 3.17. The van der Waals surface area contributed by atoms with E-state index in [1.54, 1.807) is 26.4 Å². The van der Waals surface area contributed by atoms with E-state index in [1.165, 1.54) is 25.1 Å². The molecule has 1 aromatic carbocycles. The summed E-state index contributed by atoms with van der Waals surface area (Å²) in [7, 11) is 4.46. The van der Waals surface area contributed by atoms with Gasteiger partial charge in [0.2, 0.25) is 5.91 Å². The van der Waals surface area contributed by atoms with E-state index in [2.05, 4.69) is 15.0 Å². The van der Waals surface area contributed by atoms with Crippen molar-refractivity contribution >= 4 is 35.4 Å². The molecular weight excluding hydrogens is 482 g/mol. The van der Waals surface area contributed by atoms with Crippen LogP contribution in [0.25, 0.3) is 0 Å². The van der Waals surface area contributed by atoms with Gasteiger partial charge < -0.3 is 24.4 Å². The van der Waals surface area contributed by atoms with Gasteiger partial charge in [-0.05, 0) is 61.1 Å². The molecule has 0 saturated heterocycles. The first-order valence-electron chi connectivity index (χ1n) is 11.6. The number of carbonyl (C=O) groups excluding carboxylic acids is 3. The number of rotatable bonds is 9. The summed E-state index contributed by atoms with van der Waals surface area (Å²) in [6, 6.07) is 8.72. The van der Waals surface area contributed by atoms with E-state index in [-0.39, 0.29) is 22.9 Å². The Morgan fingerprint density at radius 1 is 1.08 bits per heavy atom. The lowest BCUT2D eigenvalue weighted by molar-refractivity contribution is -0.126. The summed E-state index contributed by atoms with van der Waals surface area (Å²) in [5, 5.41) is 2.55. The van der Waals surface area contributed by atoms with Crippen molar-refractivity contribution < 1.29 is 28.6 Å². The molecule has 4 rings (SSSR count). The first-order valence-corrected chi connectivity index (χ1v) is 12.7. The lowest BCUT2D eigenvalue weighted by Crippen LogP contribution is -2.34. The molecule has 36 heavy (non-hydrogen) atoms. The van der Waals surface area contributed by atoms with E-state index in [4.69, 9.17) is 9.47 Å². The summed E-state index contributed by atoms with van der Waals surface area (Å²) < 4.78 is 15.4. The second kappa shape index (κ2) is 11.5. The molecule has 2 aliphatic rings. The Bertz CT molecular complexity index is 1180. The van der Waals surface area contributed by atoms with Gasteiger partial charge >= 0.3 is 5.97 Å². The Kier molecular flexibility index (Phi) is 8.14. The Balaban J connectivity index is 1.45. The molecule has 9 nitrogen and oxygen atoms in total. The zero-order valence-corrected chi connectivity index (χ0v) is 21.4. The lowest BCUT2D eigenvalue weighted by atomic mass is 9.94. The molecule has 0 fully saturated rings. The van der Waals surface area contributed by atoms with Crippen LogP contribution in [0.5, 0.6) is 11.5 Å². The molecule has 1 N–H and O–H groups in total. The first kappa shape index (κ1) is 25.6. The topological polar surface area (TPSA) is 107 Å². The molecule has 190 valence electrons. The average molecular weight is 512 g/mol. The second-order valence-corrected chi connectivity index (χ2v) is 9.54. The fourth-order valence-corrected chi connectivity index (χ4v) is 5.67. The number of esters is 1. The number of amides is 2. The minimum atomic E-state index is -0.493. The van der Waals surface area contributed by atoms with Crippen molar-refractivity contribution in [3.05, 3.63) is 58.8 Å². The van der Waals surface area contributed by atoms with Crippen molar-refractivity contribution in [3.63, 3.8) is 0 Å². The number of thioether (sulfide) groups is 1. The number of hydrogen-bond donors (Lipinski definition) is 1. The molecule has 0 radical (unpaired) electrons. The maximum absolute atomic E-state index is 13.3. The maximum Gasteiger partial charge on any atom is 0.339 e. The first-order chi connectivity index (χ1) is 17.4. The van der Waals surface area contributed by atoms with Gasteiger partial charge in [0.25, 0.3) is 5.91 Å². The van der Waals surface area contributed by atoms with Crippen LogP contribution < -0.4 is 14.8 Å². The number of ether oxygens (including phenoxy) is 3. The number of methoxy groups -OCH3 is 3. The van der Waals surface area contributed by atoms with Gasteiger partial charge in [-0.2, -0.15) is 0 Å². The number of aromatic nitrogens is 1. The SMILES string of the molecule is COC(=O)c1ccc(NC(=O)CSC2C3=C(CCCC3)C(=O)N2Cc2ccc(OC)c(OC)c2)nc1. The van der Waals surface area contributed by atoms with Gasteiger partial charge in [-0.1, -0.05) is 6.07 Å². The Morgan fingerprint density at radius 3 is 2.56 bits per heavy atom. The van der Waals surface area contributed by atoms with Gasteiger partial charge in [-0.3, -0.25) is 9.59 Å². The highest BCUT2D eigenvalue weighted by atomic mass is 32.2. The number of hydrogen-bond acceptors (Lipinski definition) is 8. The predicted octanol–water partition coefficient (Wildman–Crippen LogP) is 3.80.